The lowest BCUT2D eigenvalue weighted by Crippen LogP contribution is -2.49. The number of nitrogens with zero attached hydrogens (tertiary/aromatic N) is 1. The minimum absolute atomic E-state index is 0.184. The molecule has 0 saturated heterocycles. The summed E-state index contributed by atoms with van der Waals surface area (Å²) in [5.41, 5.74) is 3.83. The summed E-state index contributed by atoms with van der Waals surface area (Å²) in [7, 11) is 3.26. The molecule has 0 aromatic heterocycles. The van der Waals surface area contributed by atoms with E-state index in [0.29, 0.717) is 29.6 Å². The highest BCUT2D eigenvalue weighted by molar-refractivity contribution is 7.80. The third-order valence-corrected chi connectivity index (χ3v) is 6.29. The fourth-order valence-electron chi connectivity index (χ4n) is 4.30. The van der Waals surface area contributed by atoms with Crippen LogP contribution in [0, 0.1) is 0 Å². The summed E-state index contributed by atoms with van der Waals surface area (Å²) in [6.45, 7) is 3.20. The molecule has 2 aromatic carbocycles. The van der Waals surface area contributed by atoms with Crippen LogP contribution in [-0.2, 0) is 11.4 Å². The van der Waals surface area contributed by atoms with Gasteiger partial charge in [0.05, 0.1) is 20.3 Å². The second-order valence-corrected chi connectivity index (χ2v) is 8.20. The summed E-state index contributed by atoms with van der Waals surface area (Å²) >= 11 is 5.62. The molecular weight excluding hydrogens is 424 g/mol. The van der Waals surface area contributed by atoms with Gasteiger partial charge in [-0.05, 0) is 67.4 Å². The molecule has 0 amide bonds. The molecule has 2 aromatic rings. The Kier molecular flexibility index (Phi) is 6.65. The maximum atomic E-state index is 12.9. The lowest BCUT2D eigenvalue weighted by atomic mass is 9.84. The van der Waals surface area contributed by atoms with Gasteiger partial charge in [0.15, 0.2) is 22.4 Å². The first-order valence-electron chi connectivity index (χ1n) is 10.8. The number of methoxy groups -OCH3 is 2. The molecule has 168 valence electrons. The summed E-state index contributed by atoms with van der Waals surface area (Å²) in [6, 6.07) is 13.3. The summed E-state index contributed by atoms with van der Waals surface area (Å²) < 4.78 is 16.8. The minimum Gasteiger partial charge on any atom is -0.497 e. The van der Waals surface area contributed by atoms with Gasteiger partial charge in [-0.25, -0.2) is 0 Å². The van der Waals surface area contributed by atoms with Gasteiger partial charge in [0.25, 0.3) is 0 Å². The Bertz CT molecular complexity index is 1050. The molecule has 1 N–H and O–H groups in total. The van der Waals surface area contributed by atoms with E-state index in [1.165, 1.54) is 0 Å². The number of ether oxygens (including phenoxy) is 3. The lowest BCUT2D eigenvalue weighted by molar-refractivity contribution is -0.116. The van der Waals surface area contributed by atoms with Crippen LogP contribution in [0.1, 0.15) is 43.4 Å². The Morgan fingerprint density at radius 2 is 1.84 bits per heavy atom. The normalized spacial score (nSPS) is 18.2. The van der Waals surface area contributed by atoms with Gasteiger partial charge in [-0.15, -0.1) is 0 Å². The number of rotatable bonds is 7. The number of nitrogens with one attached hydrogen (secondary N) is 1. The van der Waals surface area contributed by atoms with Gasteiger partial charge in [0.1, 0.15) is 12.4 Å². The molecule has 1 unspecified atom stereocenters. The van der Waals surface area contributed by atoms with E-state index in [0.717, 1.165) is 47.5 Å². The van der Waals surface area contributed by atoms with E-state index in [1.54, 1.807) is 14.2 Å². The molecular formula is C25H28N2O4S. The number of hydrogen-bond acceptors (Lipinski definition) is 5. The molecule has 32 heavy (non-hydrogen) atoms. The number of hydrogen-bond donors (Lipinski definition) is 1. The fraction of sp³-hybridized carbons (Fsp3) is 0.360. The van der Waals surface area contributed by atoms with Crippen molar-refractivity contribution in [3.05, 3.63) is 64.9 Å². The smallest absolute Gasteiger partial charge is 0.173 e. The Morgan fingerprint density at radius 1 is 1.06 bits per heavy atom. The van der Waals surface area contributed by atoms with E-state index in [9.17, 15) is 4.79 Å². The van der Waals surface area contributed by atoms with Crippen LogP contribution in [0.5, 0.6) is 17.2 Å². The van der Waals surface area contributed by atoms with Crippen LogP contribution in [0.25, 0.3) is 0 Å². The van der Waals surface area contributed by atoms with Crippen molar-refractivity contribution in [2.45, 2.75) is 38.8 Å². The van der Waals surface area contributed by atoms with Gasteiger partial charge in [-0.3, -0.25) is 4.79 Å². The first-order valence-corrected chi connectivity index (χ1v) is 11.2. The summed E-state index contributed by atoms with van der Waals surface area (Å²) in [5, 5.41) is 4.03. The van der Waals surface area contributed by atoms with Crippen LogP contribution in [-0.4, -0.2) is 36.6 Å². The molecule has 4 rings (SSSR count). The van der Waals surface area contributed by atoms with Crippen LogP contribution in [0.15, 0.2) is 53.7 Å². The van der Waals surface area contributed by atoms with Gasteiger partial charge in [-0.2, -0.15) is 0 Å². The Hall–Kier alpha value is -3.06. The fourth-order valence-corrected chi connectivity index (χ4v) is 4.66. The van der Waals surface area contributed by atoms with E-state index in [-0.39, 0.29) is 11.8 Å². The number of carbonyl (C=O) groups is 1. The van der Waals surface area contributed by atoms with E-state index in [2.05, 4.69) is 12.2 Å². The van der Waals surface area contributed by atoms with Gasteiger partial charge in [0, 0.05) is 24.2 Å². The SMILES string of the molecule is CCN1C(=S)NC(c2ccc(OCc3ccc(OC)cc3)c(OC)c2)C2=C1CCCC2=O. The van der Waals surface area contributed by atoms with Crippen molar-refractivity contribution in [3.63, 3.8) is 0 Å². The van der Waals surface area contributed by atoms with Gasteiger partial charge in [-0.1, -0.05) is 18.2 Å². The van der Waals surface area contributed by atoms with Crippen molar-refractivity contribution in [3.8, 4) is 17.2 Å². The standard InChI is InChI=1S/C25H28N2O4S/c1-4-27-19-6-5-7-20(28)23(19)24(26-25(27)32)17-10-13-21(22(14-17)30-3)31-15-16-8-11-18(29-2)12-9-16/h8-14,24H,4-7,15H2,1-3H3,(H,26,32). The predicted molar refractivity (Wildman–Crippen MR) is 127 cm³/mol. The largest absolute Gasteiger partial charge is 0.497 e. The molecule has 1 heterocycles. The number of benzene rings is 2. The third-order valence-electron chi connectivity index (χ3n) is 5.95. The van der Waals surface area contributed by atoms with Gasteiger partial charge in [0.2, 0.25) is 0 Å². The molecule has 0 bridgehead atoms. The van der Waals surface area contributed by atoms with Crippen molar-refractivity contribution >= 4 is 23.1 Å². The van der Waals surface area contributed by atoms with Crippen LogP contribution in [0.3, 0.4) is 0 Å². The topological polar surface area (TPSA) is 60.0 Å². The number of carbonyl (C=O) groups excluding carboxylic acids is 1. The van der Waals surface area contributed by atoms with E-state index < -0.39 is 0 Å². The van der Waals surface area contributed by atoms with Crippen LogP contribution in [0.4, 0.5) is 0 Å². The van der Waals surface area contributed by atoms with Crippen molar-refractivity contribution in [2.75, 3.05) is 20.8 Å². The highest BCUT2D eigenvalue weighted by Gasteiger charge is 2.36. The molecule has 6 nitrogen and oxygen atoms in total. The molecule has 7 heteroatoms. The van der Waals surface area contributed by atoms with Crippen molar-refractivity contribution in [1.82, 2.24) is 10.2 Å². The summed E-state index contributed by atoms with van der Waals surface area (Å²) in [5.74, 6) is 2.25. The van der Waals surface area contributed by atoms with Crippen LogP contribution < -0.4 is 19.5 Å². The molecule has 0 spiro atoms. The predicted octanol–water partition coefficient (Wildman–Crippen LogP) is 4.54. The van der Waals surface area contributed by atoms with Gasteiger partial charge < -0.3 is 24.4 Å². The van der Waals surface area contributed by atoms with Crippen molar-refractivity contribution in [1.29, 1.82) is 0 Å². The summed E-state index contributed by atoms with van der Waals surface area (Å²) in [6.07, 6.45) is 2.31. The molecule has 0 fully saturated rings. The maximum Gasteiger partial charge on any atom is 0.173 e. The molecule has 0 radical (unpaired) electrons. The average Bonchev–Trinajstić information content (AvgIpc) is 2.82. The lowest BCUT2D eigenvalue weighted by Gasteiger charge is -2.40. The second kappa shape index (κ2) is 9.61. The van der Waals surface area contributed by atoms with Gasteiger partial charge >= 0.3 is 0 Å². The minimum atomic E-state index is -0.280. The number of thiocarbonyl (C=S) groups is 1. The highest BCUT2D eigenvalue weighted by atomic mass is 32.1. The van der Waals surface area contributed by atoms with Crippen molar-refractivity contribution < 1.29 is 19.0 Å². The zero-order chi connectivity index (χ0) is 22.7. The number of Topliss-reactive ketones (excluding diaryl/α,β-unsaturated/α-hetero) is 1. The number of ketones is 1. The van der Waals surface area contributed by atoms with E-state index >= 15 is 0 Å². The Balaban J connectivity index is 1.60. The molecule has 1 aliphatic carbocycles. The molecule has 0 saturated carbocycles. The van der Waals surface area contributed by atoms with Crippen LogP contribution in [0.2, 0.25) is 0 Å². The zero-order valence-corrected chi connectivity index (χ0v) is 19.5. The first kappa shape index (κ1) is 22.1. The molecule has 1 aliphatic heterocycles. The number of allylic oxidation sites excluding steroid dienone is 1. The first-order chi connectivity index (χ1) is 15.5. The van der Waals surface area contributed by atoms with E-state index in [1.807, 2.05) is 47.4 Å². The third kappa shape index (κ3) is 4.30. The zero-order valence-electron chi connectivity index (χ0n) is 18.6. The maximum absolute atomic E-state index is 12.9. The molecule has 1 atom stereocenters. The van der Waals surface area contributed by atoms with Crippen molar-refractivity contribution in [2.24, 2.45) is 0 Å². The van der Waals surface area contributed by atoms with E-state index in [4.69, 9.17) is 26.4 Å². The average molecular weight is 453 g/mol. The second-order valence-electron chi connectivity index (χ2n) is 7.81. The summed E-state index contributed by atoms with van der Waals surface area (Å²) in [4.78, 5) is 14.9. The highest BCUT2D eigenvalue weighted by Crippen LogP contribution is 2.39. The monoisotopic (exact) mass is 452 g/mol. The molecule has 2 aliphatic rings. The van der Waals surface area contributed by atoms with Crippen LogP contribution >= 0.6 is 12.2 Å². The quantitative estimate of drug-likeness (QED) is 0.619. The Labute approximate surface area is 194 Å². The Morgan fingerprint density at radius 3 is 2.53 bits per heavy atom.